The van der Waals surface area contributed by atoms with Gasteiger partial charge in [0.1, 0.15) is 5.82 Å². The van der Waals surface area contributed by atoms with Crippen LogP contribution < -0.4 is 4.74 Å². The molecule has 5 nitrogen and oxygen atoms in total. The third kappa shape index (κ3) is 6.37. The predicted octanol–water partition coefficient (Wildman–Crippen LogP) is 11.0. The van der Waals surface area contributed by atoms with E-state index in [9.17, 15) is 0 Å². The van der Waals surface area contributed by atoms with Gasteiger partial charge in [-0.2, -0.15) is 11.2 Å². The van der Waals surface area contributed by atoms with E-state index in [-0.39, 0.29) is 25.8 Å². The van der Waals surface area contributed by atoms with E-state index in [4.69, 9.17) is 14.8 Å². The van der Waals surface area contributed by atoms with Crippen LogP contribution in [0.15, 0.2) is 83.9 Å². The van der Waals surface area contributed by atoms with E-state index < -0.39 is 0 Å². The Morgan fingerprint density at radius 3 is 2.20 bits per heavy atom. The monoisotopic (exact) mass is 754 g/mol. The number of pyridine rings is 1. The van der Waals surface area contributed by atoms with E-state index in [1.165, 1.54) is 27.1 Å². The number of aryl methyl sites for hydroxylation is 4. The van der Waals surface area contributed by atoms with Crippen molar-refractivity contribution in [3.8, 4) is 34.1 Å². The van der Waals surface area contributed by atoms with E-state index in [0.29, 0.717) is 11.5 Å². The van der Waals surface area contributed by atoms with Gasteiger partial charge in [-0.25, -0.2) is 4.98 Å². The zero-order valence-corrected chi connectivity index (χ0v) is 31.8. The van der Waals surface area contributed by atoms with Crippen molar-refractivity contribution in [1.29, 1.82) is 0 Å². The molecule has 0 atom stereocenters. The third-order valence-electron chi connectivity index (χ3n) is 9.11. The summed E-state index contributed by atoms with van der Waals surface area (Å²) < 4.78 is 10.8. The number of rotatable bonds is 6. The van der Waals surface area contributed by atoms with Gasteiger partial charge in [0.15, 0.2) is 0 Å². The van der Waals surface area contributed by atoms with Crippen LogP contribution in [0.1, 0.15) is 54.4 Å². The molecule has 0 saturated heterocycles. The maximum Gasteiger partial charge on any atom is 2.00 e. The summed E-state index contributed by atoms with van der Waals surface area (Å²) in [5, 5.41) is 7.32. The standard InChI is InChI=1S/C42H40N4OS.Pd/c1-25-16-17-43-39(18-25)45-37-13-11-10-12-35(37)36-15-14-32(24-38(36)45)47-33-22-30(42(6,7)8)21-31(23-33)46-29(5)41(28(4)44-46)40-26(2)19-34(48-9)20-27(40)3;/h10-22H,1-9H3;/q-2;+2. The maximum atomic E-state index is 6.63. The molecular weight excluding hydrogens is 715 g/mol. The molecule has 0 radical (unpaired) electrons. The van der Waals surface area contributed by atoms with Crippen molar-refractivity contribution in [3.63, 3.8) is 0 Å². The number of fused-ring (bicyclic) bond motifs is 3. The Balaban J connectivity index is 0.00000417. The number of aromatic nitrogens is 4. The minimum absolute atomic E-state index is 0. The van der Waals surface area contributed by atoms with Crippen molar-refractivity contribution in [3.05, 3.63) is 125 Å². The van der Waals surface area contributed by atoms with Crippen molar-refractivity contribution in [1.82, 2.24) is 19.3 Å². The normalized spacial score (nSPS) is 11.7. The molecule has 49 heavy (non-hydrogen) atoms. The number of hydrogen-bond donors (Lipinski definition) is 0. The molecule has 0 unspecified atom stereocenters. The van der Waals surface area contributed by atoms with Gasteiger partial charge in [0.2, 0.25) is 0 Å². The van der Waals surface area contributed by atoms with Crippen molar-refractivity contribution < 1.29 is 25.2 Å². The minimum Gasteiger partial charge on any atom is -0.509 e. The van der Waals surface area contributed by atoms with Crippen LogP contribution in [0, 0.1) is 46.8 Å². The van der Waals surface area contributed by atoms with Crippen LogP contribution in [0.5, 0.6) is 11.5 Å². The number of benzene rings is 4. The molecule has 0 N–H and O–H groups in total. The molecule has 0 spiro atoms. The first-order valence-corrected chi connectivity index (χ1v) is 17.5. The fourth-order valence-corrected chi connectivity index (χ4v) is 7.33. The SMILES string of the molecule is CSc1cc(C)c(-c2c(C)nn(-c3[c-]c(Oc4[c-]c5c(cc4)c4ccccc4n5-c4cc(C)ccn4)cc(C(C)(C)C)c3)c2C)c(C)c1.[Pd+2]. The van der Waals surface area contributed by atoms with Crippen LogP contribution in [0.3, 0.4) is 0 Å². The first-order valence-electron chi connectivity index (χ1n) is 16.3. The van der Waals surface area contributed by atoms with Gasteiger partial charge in [-0.05, 0) is 110 Å². The molecule has 0 amide bonds. The van der Waals surface area contributed by atoms with Crippen molar-refractivity contribution >= 4 is 33.6 Å². The molecule has 7 aromatic rings. The second-order valence-corrected chi connectivity index (χ2v) is 14.6. The van der Waals surface area contributed by atoms with Gasteiger partial charge in [0.05, 0.1) is 5.69 Å². The molecule has 3 heterocycles. The fourth-order valence-electron chi connectivity index (χ4n) is 6.74. The summed E-state index contributed by atoms with van der Waals surface area (Å²) in [5.74, 6) is 2.09. The first kappa shape index (κ1) is 34.7. The summed E-state index contributed by atoms with van der Waals surface area (Å²) in [7, 11) is 0. The Morgan fingerprint density at radius 1 is 0.776 bits per heavy atom. The van der Waals surface area contributed by atoms with Crippen molar-refractivity contribution in [2.24, 2.45) is 0 Å². The Hall–Kier alpha value is -4.15. The second-order valence-electron chi connectivity index (χ2n) is 13.7. The van der Waals surface area contributed by atoms with Crippen LogP contribution >= 0.6 is 11.8 Å². The number of nitrogens with zero attached hydrogens (tertiary/aromatic N) is 4. The smallest absolute Gasteiger partial charge is 0.509 e. The summed E-state index contributed by atoms with van der Waals surface area (Å²) in [4.78, 5) is 6.00. The molecule has 0 aliphatic carbocycles. The van der Waals surface area contributed by atoms with E-state index >= 15 is 0 Å². The average molecular weight is 755 g/mol. The van der Waals surface area contributed by atoms with Crippen molar-refractivity contribution in [2.45, 2.75) is 65.7 Å². The van der Waals surface area contributed by atoms with Gasteiger partial charge >= 0.3 is 20.4 Å². The fraction of sp³-hybridized carbons (Fsp3) is 0.238. The molecule has 0 aliphatic rings. The largest absolute Gasteiger partial charge is 2.00 e. The molecular formula is C42H40N4OPdS. The molecule has 0 fully saturated rings. The quantitative estimate of drug-likeness (QED) is 0.0963. The first-order chi connectivity index (χ1) is 22.9. The van der Waals surface area contributed by atoms with Gasteiger partial charge in [-0.1, -0.05) is 44.5 Å². The number of thioether (sulfide) groups is 1. The second kappa shape index (κ2) is 13.3. The van der Waals surface area contributed by atoms with Crippen LogP contribution in [0.2, 0.25) is 0 Å². The Labute approximate surface area is 307 Å². The number of ether oxygens (including phenoxy) is 1. The van der Waals surface area contributed by atoms with Gasteiger partial charge in [-0.15, -0.1) is 53.0 Å². The van der Waals surface area contributed by atoms with Gasteiger partial charge in [0, 0.05) is 39.4 Å². The van der Waals surface area contributed by atoms with E-state index in [2.05, 4.69) is 139 Å². The Bertz CT molecular complexity index is 2340. The van der Waals surface area contributed by atoms with E-state index in [0.717, 1.165) is 55.8 Å². The molecule has 0 aliphatic heterocycles. The van der Waals surface area contributed by atoms with Gasteiger partial charge in [0.25, 0.3) is 0 Å². The van der Waals surface area contributed by atoms with Crippen molar-refractivity contribution in [2.75, 3.05) is 6.26 Å². The summed E-state index contributed by atoms with van der Waals surface area (Å²) >= 11 is 1.77. The molecule has 0 bridgehead atoms. The molecule has 7 heteroatoms. The minimum atomic E-state index is -0.126. The van der Waals surface area contributed by atoms with Crippen LogP contribution in [0.4, 0.5) is 0 Å². The van der Waals surface area contributed by atoms with Gasteiger partial charge in [-0.3, -0.25) is 4.68 Å². The predicted molar refractivity (Wildman–Crippen MR) is 199 cm³/mol. The summed E-state index contributed by atoms with van der Waals surface area (Å²) in [6.07, 6.45) is 3.98. The number of para-hydroxylation sites is 1. The third-order valence-corrected chi connectivity index (χ3v) is 9.82. The molecule has 7 rings (SSSR count). The van der Waals surface area contributed by atoms with Gasteiger partial charge < -0.3 is 9.30 Å². The van der Waals surface area contributed by atoms with E-state index in [1.807, 2.05) is 23.0 Å². The van der Waals surface area contributed by atoms with Crippen LogP contribution in [0.25, 0.3) is 44.4 Å². The molecule has 250 valence electrons. The molecule has 0 saturated carbocycles. The van der Waals surface area contributed by atoms with E-state index in [1.54, 1.807) is 11.8 Å². The van der Waals surface area contributed by atoms with Crippen LogP contribution in [-0.2, 0) is 25.8 Å². The summed E-state index contributed by atoms with van der Waals surface area (Å²) in [6.45, 7) is 17.4. The molecule has 3 aromatic heterocycles. The maximum absolute atomic E-state index is 6.63. The topological polar surface area (TPSA) is 44.9 Å². The Morgan fingerprint density at radius 2 is 1.51 bits per heavy atom. The molecule has 4 aromatic carbocycles. The summed E-state index contributed by atoms with van der Waals surface area (Å²) in [6, 6.07) is 32.6. The zero-order chi connectivity index (χ0) is 33.9. The average Bonchev–Trinajstić information content (AvgIpc) is 3.53. The zero-order valence-electron chi connectivity index (χ0n) is 29.4. The Kier molecular flexibility index (Phi) is 9.41. The summed E-state index contributed by atoms with van der Waals surface area (Å²) in [5.41, 5.74) is 12.0. The van der Waals surface area contributed by atoms with Crippen LogP contribution in [-0.4, -0.2) is 25.6 Å². The number of hydrogen-bond acceptors (Lipinski definition) is 4.